The number of hydrogen-bond acceptors (Lipinski definition) is 5. The number of nitrogens with one attached hydrogen (secondary N) is 2. The molecule has 1 unspecified atom stereocenters. The maximum atomic E-state index is 13.2. The molecule has 2 aromatic rings. The van der Waals surface area contributed by atoms with E-state index in [0.717, 1.165) is 5.56 Å². The second-order valence-corrected chi connectivity index (χ2v) is 7.58. The number of ether oxygens (including phenoxy) is 1. The number of halogens is 1. The second kappa shape index (κ2) is 8.35. The minimum Gasteiger partial charge on any atom is -0.407 e. The van der Waals surface area contributed by atoms with E-state index in [9.17, 15) is 23.9 Å². The van der Waals surface area contributed by atoms with Gasteiger partial charge in [-0.25, -0.2) is 9.18 Å². The number of fused-ring (bicyclic) bond motifs is 1. The van der Waals surface area contributed by atoms with Gasteiger partial charge in [-0.05, 0) is 54.3 Å². The number of carbonyl (C=O) groups is 3. The summed E-state index contributed by atoms with van der Waals surface area (Å²) < 4.78 is 18.2. The van der Waals surface area contributed by atoms with Gasteiger partial charge >= 0.3 is 6.09 Å². The number of anilines is 2. The molecule has 162 valence electrons. The zero-order valence-corrected chi connectivity index (χ0v) is 16.7. The highest BCUT2D eigenvalue weighted by Gasteiger charge is 2.49. The first-order chi connectivity index (χ1) is 14.8. The largest absolute Gasteiger partial charge is 0.410 e. The summed E-state index contributed by atoms with van der Waals surface area (Å²) in [5.41, 5.74) is 2.86. The Morgan fingerprint density at radius 2 is 2.06 bits per heavy atom. The van der Waals surface area contributed by atoms with Crippen molar-refractivity contribution in [2.24, 2.45) is 0 Å². The van der Waals surface area contributed by atoms with Crippen LogP contribution in [0.4, 0.5) is 20.6 Å². The van der Waals surface area contributed by atoms with Crippen LogP contribution >= 0.6 is 0 Å². The third-order valence-electron chi connectivity index (χ3n) is 5.38. The first-order valence-electron chi connectivity index (χ1n) is 10.0. The van der Waals surface area contributed by atoms with Gasteiger partial charge in [-0.15, -0.1) is 0 Å². The fourth-order valence-electron chi connectivity index (χ4n) is 3.75. The summed E-state index contributed by atoms with van der Waals surface area (Å²) in [5.74, 6) is -3.40. The van der Waals surface area contributed by atoms with E-state index in [1.807, 2.05) is 0 Å². The Balaban J connectivity index is 1.35. The molecule has 2 aromatic carbocycles. The lowest BCUT2D eigenvalue weighted by Gasteiger charge is -2.24. The molecule has 2 heterocycles. The van der Waals surface area contributed by atoms with Crippen LogP contribution in [0.25, 0.3) is 0 Å². The zero-order chi connectivity index (χ0) is 22.0. The summed E-state index contributed by atoms with van der Waals surface area (Å²) in [6.07, 6.45) is 0.300. The molecule has 0 aliphatic carbocycles. The average molecular weight is 427 g/mol. The third kappa shape index (κ3) is 4.51. The molecule has 0 radical (unpaired) electrons. The number of carbonyl (C=O) groups excluding carboxylic acids is 3. The number of aliphatic hydroxyl groups is 1. The Morgan fingerprint density at radius 1 is 1.23 bits per heavy atom. The van der Waals surface area contributed by atoms with Gasteiger partial charge in [-0.3, -0.25) is 9.59 Å². The fourth-order valence-corrected chi connectivity index (χ4v) is 3.75. The van der Waals surface area contributed by atoms with Crippen LogP contribution in [-0.2, 0) is 27.2 Å². The van der Waals surface area contributed by atoms with Crippen LogP contribution in [0.5, 0.6) is 0 Å². The molecule has 1 saturated heterocycles. The van der Waals surface area contributed by atoms with E-state index in [-0.39, 0.29) is 31.2 Å². The van der Waals surface area contributed by atoms with Crippen molar-refractivity contribution in [3.63, 3.8) is 0 Å². The number of alkyl carbamates (subject to hydrolysis) is 1. The molecular weight excluding hydrogens is 405 g/mol. The molecule has 0 bridgehead atoms. The molecule has 0 spiro atoms. The van der Waals surface area contributed by atoms with E-state index in [0.29, 0.717) is 36.2 Å². The van der Waals surface area contributed by atoms with Gasteiger partial charge in [0.15, 0.2) is 0 Å². The van der Waals surface area contributed by atoms with Crippen LogP contribution in [0.3, 0.4) is 0 Å². The predicted molar refractivity (Wildman–Crippen MR) is 110 cm³/mol. The summed E-state index contributed by atoms with van der Waals surface area (Å²) in [4.78, 5) is 37.7. The summed E-state index contributed by atoms with van der Waals surface area (Å²) in [6, 6.07) is 11.2. The quantitative estimate of drug-likeness (QED) is 0.634. The fraction of sp³-hybridized carbons (Fsp3) is 0.318. The van der Waals surface area contributed by atoms with Gasteiger partial charge in [0, 0.05) is 37.3 Å². The predicted octanol–water partition coefficient (Wildman–Crippen LogP) is 2.10. The van der Waals surface area contributed by atoms with Crippen molar-refractivity contribution in [3.05, 3.63) is 59.4 Å². The van der Waals surface area contributed by atoms with Gasteiger partial charge < -0.3 is 25.4 Å². The standard InChI is InChI=1S/C22H22FN3O5/c23-16-3-1-2-14(12-16)8-10-24-21(29)31-22(30)9-11-26(20(22)28)17-5-6-18-15(13-17)4-7-19(27)25-18/h1-3,5-6,12-13,30H,4,7-11H2,(H,24,29)(H,25,27). The van der Waals surface area contributed by atoms with Crippen molar-refractivity contribution in [2.45, 2.75) is 31.5 Å². The van der Waals surface area contributed by atoms with E-state index < -0.39 is 17.8 Å². The van der Waals surface area contributed by atoms with Crippen molar-refractivity contribution in [1.29, 1.82) is 0 Å². The summed E-state index contributed by atoms with van der Waals surface area (Å²) in [7, 11) is 0. The van der Waals surface area contributed by atoms with Gasteiger partial charge in [0.05, 0.1) is 0 Å². The molecule has 2 aliphatic rings. The van der Waals surface area contributed by atoms with E-state index in [1.54, 1.807) is 30.3 Å². The summed E-state index contributed by atoms with van der Waals surface area (Å²) in [6.45, 7) is 0.337. The van der Waals surface area contributed by atoms with Gasteiger partial charge in [0.2, 0.25) is 5.91 Å². The first-order valence-corrected chi connectivity index (χ1v) is 10.0. The van der Waals surface area contributed by atoms with Gasteiger partial charge in [0.1, 0.15) is 5.82 Å². The average Bonchev–Trinajstić information content (AvgIpc) is 3.02. The third-order valence-corrected chi connectivity index (χ3v) is 5.38. The lowest BCUT2D eigenvalue weighted by Crippen LogP contribution is -2.46. The van der Waals surface area contributed by atoms with Crippen LogP contribution < -0.4 is 15.5 Å². The monoisotopic (exact) mass is 427 g/mol. The molecule has 9 heteroatoms. The van der Waals surface area contributed by atoms with Crippen molar-refractivity contribution in [1.82, 2.24) is 5.32 Å². The van der Waals surface area contributed by atoms with E-state index in [1.165, 1.54) is 17.0 Å². The van der Waals surface area contributed by atoms with Crippen molar-refractivity contribution < 1.29 is 28.6 Å². The lowest BCUT2D eigenvalue weighted by atomic mass is 10.0. The van der Waals surface area contributed by atoms with Crippen LogP contribution in [0, 0.1) is 5.82 Å². The highest BCUT2D eigenvalue weighted by molar-refractivity contribution is 6.02. The molecule has 8 nitrogen and oxygen atoms in total. The van der Waals surface area contributed by atoms with Crippen LogP contribution in [-0.4, -0.2) is 41.9 Å². The molecule has 0 saturated carbocycles. The van der Waals surface area contributed by atoms with E-state index >= 15 is 0 Å². The number of amides is 3. The SMILES string of the molecule is O=C1CCc2cc(N3CCC(O)(OC(=O)NCCc4cccc(F)c4)C3=O)ccc2N1. The van der Waals surface area contributed by atoms with Crippen LogP contribution in [0.2, 0.25) is 0 Å². The number of nitrogens with zero attached hydrogens (tertiary/aromatic N) is 1. The second-order valence-electron chi connectivity index (χ2n) is 7.58. The first kappa shape index (κ1) is 20.8. The number of benzene rings is 2. The molecule has 3 amide bonds. The van der Waals surface area contributed by atoms with Crippen molar-refractivity contribution in [2.75, 3.05) is 23.3 Å². The number of rotatable bonds is 5. The maximum absolute atomic E-state index is 13.2. The van der Waals surface area contributed by atoms with Gasteiger partial charge in [-0.2, -0.15) is 0 Å². The van der Waals surface area contributed by atoms with Gasteiger partial charge in [0.25, 0.3) is 11.7 Å². The zero-order valence-electron chi connectivity index (χ0n) is 16.7. The highest BCUT2D eigenvalue weighted by Crippen LogP contribution is 2.33. The molecule has 4 rings (SSSR count). The molecule has 1 fully saturated rings. The minimum atomic E-state index is -2.26. The van der Waals surface area contributed by atoms with Gasteiger partial charge in [-0.1, -0.05) is 12.1 Å². The molecule has 31 heavy (non-hydrogen) atoms. The number of aryl methyl sites for hydroxylation is 1. The van der Waals surface area contributed by atoms with Crippen LogP contribution in [0.1, 0.15) is 24.0 Å². The highest BCUT2D eigenvalue weighted by atomic mass is 19.1. The smallest absolute Gasteiger partial charge is 0.407 e. The normalized spacial score (nSPS) is 20.3. The minimum absolute atomic E-state index is 0.0521. The Bertz CT molecular complexity index is 1040. The van der Waals surface area contributed by atoms with Crippen LogP contribution in [0.15, 0.2) is 42.5 Å². The van der Waals surface area contributed by atoms with E-state index in [2.05, 4.69) is 10.6 Å². The number of hydrogen-bond donors (Lipinski definition) is 3. The molecule has 2 aliphatic heterocycles. The summed E-state index contributed by atoms with van der Waals surface area (Å²) in [5, 5.41) is 15.9. The molecule has 0 aromatic heterocycles. The molecular formula is C22H22FN3O5. The Kier molecular flexibility index (Phi) is 5.60. The lowest BCUT2D eigenvalue weighted by molar-refractivity contribution is -0.175. The molecule has 1 atom stereocenters. The Labute approximate surface area is 178 Å². The van der Waals surface area contributed by atoms with Crippen molar-refractivity contribution >= 4 is 29.3 Å². The topological polar surface area (TPSA) is 108 Å². The summed E-state index contributed by atoms with van der Waals surface area (Å²) >= 11 is 0. The maximum Gasteiger partial charge on any atom is 0.410 e. The Morgan fingerprint density at radius 3 is 2.87 bits per heavy atom. The van der Waals surface area contributed by atoms with Crippen molar-refractivity contribution in [3.8, 4) is 0 Å². The van der Waals surface area contributed by atoms with E-state index in [4.69, 9.17) is 4.74 Å². The Hall–Kier alpha value is -3.46. The molecule has 3 N–H and O–H groups in total.